The lowest BCUT2D eigenvalue weighted by molar-refractivity contribution is -0.117. The van der Waals surface area contributed by atoms with Gasteiger partial charge in [-0.3, -0.25) is 9.78 Å². The van der Waals surface area contributed by atoms with Crippen LogP contribution in [0.15, 0.2) is 24.7 Å². The van der Waals surface area contributed by atoms with Crippen LogP contribution in [0.5, 0.6) is 0 Å². The molecule has 1 unspecified atom stereocenters. The fourth-order valence-electron chi connectivity index (χ4n) is 2.81. The number of pyridine rings is 1. The summed E-state index contributed by atoms with van der Waals surface area (Å²) in [5.74, 6) is 0.381. The van der Waals surface area contributed by atoms with E-state index in [1.807, 2.05) is 6.07 Å². The Morgan fingerprint density at radius 3 is 2.77 bits per heavy atom. The van der Waals surface area contributed by atoms with E-state index < -0.39 is 12.7 Å². The first-order chi connectivity index (χ1) is 14.5. The summed E-state index contributed by atoms with van der Waals surface area (Å²) in [7, 11) is 1.71. The molecule has 9 nitrogen and oxygen atoms in total. The van der Waals surface area contributed by atoms with Crippen LogP contribution in [-0.2, 0) is 9.59 Å². The number of hydrogen-bond donors (Lipinski definition) is 2. The van der Waals surface area contributed by atoms with Crippen LogP contribution in [0.25, 0.3) is 11.3 Å². The van der Waals surface area contributed by atoms with Crippen LogP contribution in [0.3, 0.4) is 0 Å². The van der Waals surface area contributed by atoms with Gasteiger partial charge in [0.05, 0.1) is 29.8 Å². The second-order valence-corrected chi connectivity index (χ2v) is 7.12. The van der Waals surface area contributed by atoms with E-state index in [9.17, 15) is 19.2 Å². The molecule has 1 aliphatic rings. The van der Waals surface area contributed by atoms with Gasteiger partial charge in [0.25, 0.3) is 0 Å². The molecule has 0 radical (unpaired) electrons. The Hall–Kier alpha value is -3.45. The maximum Gasteiger partial charge on any atom is 0.228 e. The van der Waals surface area contributed by atoms with Gasteiger partial charge in [0.2, 0.25) is 5.91 Å². The number of aromatic nitrogens is 3. The van der Waals surface area contributed by atoms with Crippen molar-refractivity contribution in [2.75, 3.05) is 37.4 Å². The SMILES string of the molecule is CN(CCF)CC(C=O)Nc1cc(-c2cnc(NC(=O)C3CC3)cn2)cnc1C#N. The number of alkyl halides is 1. The number of nitriles is 1. The summed E-state index contributed by atoms with van der Waals surface area (Å²) in [6.07, 6.45) is 6.95. The van der Waals surface area contributed by atoms with E-state index in [0.717, 1.165) is 12.8 Å². The number of carbonyl (C=O) groups is 2. The van der Waals surface area contributed by atoms with Gasteiger partial charge in [0.1, 0.15) is 19.0 Å². The molecular weight excluding hydrogens is 389 g/mol. The Labute approximate surface area is 173 Å². The second kappa shape index (κ2) is 9.84. The molecule has 2 aromatic heterocycles. The highest BCUT2D eigenvalue weighted by Gasteiger charge is 2.29. The van der Waals surface area contributed by atoms with Crippen molar-refractivity contribution in [3.8, 4) is 17.3 Å². The van der Waals surface area contributed by atoms with Crippen molar-refractivity contribution >= 4 is 23.7 Å². The van der Waals surface area contributed by atoms with Crippen LogP contribution < -0.4 is 10.6 Å². The number of hydrogen-bond acceptors (Lipinski definition) is 8. The quantitative estimate of drug-likeness (QED) is 0.566. The number of likely N-dealkylation sites (N-methyl/N-ethyl adjacent to an activating group) is 1. The molecule has 156 valence electrons. The second-order valence-electron chi connectivity index (χ2n) is 7.12. The van der Waals surface area contributed by atoms with Crippen molar-refractivity contribution < 1.29 is 14.0 Å². The Kier molecular flexibility index (Phi) is 6.98. The first-order valence-corrected chi connectivity index (χ1v) is 9.53. The minimum atomic E-state index is -0.642. The number of nitrogens with zero attached hydrogens (tertiary/aromatic N) is 5. The topological polar surface area (TPSA) is 124 Å². The summed E-state index contributed by atoms with van der Waals surface area (Å²) in [6, 6.07) is 3.00. The maximum atomic E-state index is 12.5. The van der Waals surface area contributed by atoms with E-state index in [0.29, 0.717) is 29.0 Å². The van der Waals surface area contributed by atoms with Gasteiger partial charge in [0.15, 0.2) is 11.5 Å². The van der Waals surface area contributed by atoms with Gasteiger partial charge in [-0.2, -0.15) is 5.26 Å². The average molecular weight is 411 g/mol. The van der Waals surface area contributed by atoms with Crippen molar-refractivity contribution in [3.05, 3.63) is 30.4 Å². The number of rotatable bonds is 10. The molecule has 0 aromatic carbocycles. The van der Waals surface area contributed by atoms with Crippen molar-refractivity contribution in [1.82, 2.24) is 19.9 Å². The van der Waals surface area contributed by atoms with Crippen molar-refractivity contribution in [2.24, 2.45) is 5.92 Å². The summed E-state index contributed by atoms with van der Waals surface area (Å²) in [6.45, 7) is -0.0370. The lowest BCUT2D eigenvalue weighted by Gasteiger charge is -2.21. The first-order valence-electron chi connectivity index (χ1n) is 9.53. The van der Waals surface area contributed by atoms with E-state index in [1.54, 1.807) is 18.0 Å². The maximum absolute atomic E-state index is 12.5. The summed E-state index contributed by atoms with van der Waals surface area (Å²) >= 11 is 0. The molecule has 1 amide bonds. The lowest BCUT2D eigenvalue weighted by Crippen LogP contribution is -2.36. The highest BCUT2D eigenvalue weighted by molar-refractivity contribution is 5.93. The van der Waals surface area contributed by atoms with Crippen LogP contribution in [-0.4, -0.2) is 64.9 Å². The van der Waals surface area contributed by atoms with Crippen molar-refractivity contribution in [2.45, 2.75) is 18.9 Å². The molecule has 2 heterocycles. The van der Waals surface area contributed by atoms with Crippen LogP contribution in [0.1, 0.15) is 18.5 Å². The van der Waals surface area contributed by atoms with Crippen molar-refractivity contribution in [3.63, 3.8) is 0 Å². The molecule has 0 aliphatic heterocycles. The predicted molar refractivity (Wildman–Crippen MR) is 108 cm³/mol. The van der Waals surface area contributed by atoms with Crippen LogP contribution >= 0.6 is 0 Å². The van der Waals surface area contributed by atoms with Gasteiger partial charge in [-0.15, -0.1) is 0 Å². The molecule has 30 heavy (non-hydrogen) atoms. The third-order valence-corrected chi connectivity index (χ3v) is 4.62. The number of halogens is 1. The molecule has 2 N–H and O–H groups in total. The van der Waals surface area contributed by atoms with E-state index in [-0.39, 0.29) is 30.6 Å². The molecule has 1 aliphatic carbocycles. The molecule has 0 bridgehead atoms. The van der Waals surface area contributed by atoms with E-state index in [4.69, 9.17) is 0 Å². The molecule has 0 spiro atoms. The molecule has 1 saturated carbocycles. The van der Waals surface area contributed by atoms with Gasteiger partial charge in [-0.1, -0.05) is 0 Å². The van der Waals surface area contributed by atoms with Crippen LogP contribution in [0.4, 0.5) is 15.9 Å². The fraction of sp³-hybridized carbons (Fsp3) is 0.400. The van der Waals surface area contributed by atoms with E-state index in [1.165, 1.54) is 18.6 Å². The monoisotopic (exact) mass is 411 g/mol. The molecule has 10 heteroatoms. The summed E-state index contributed by atoms with van der Waals surface area (Å²) in [5, 5.41) is 15.0. The van der Waals surface area contributed by atoms with Crippen LogP contribution in [0, 0.1) is 17.2 Å². The molecule has 3 rings (SSSR count). The Morgan fingerprint density at radius 2 is 2.17 bits per heavy atom. The Bertz CT molecular complexity index is 941. The van der Waals surface area contributed by atoms with Gasteiger partial charge >= 0.3 is 0 Å². The fourth-order valence-corrected chi connectivity index (χ4v) is 2.81. The third kappa shape index (κ3) is 5.55. The van der Waals surface area contributed by atoms with Gasteiger partial charge in [-0.25, -0.2) is 14.4 Å². The molecule has 2 aromatic rings. The number of anilines is 2. The molecular formula is C20H22FN7O2. The lowest BCUT2D eigenvalue weighted by atomic mass is 10.1. The summed E-state index contributed by atoms with van der Waals surface area (Å²) in [5.41, 5.74) is 1.58. The molecule has 0 saturated heterocycles. The smallest absolute Gasteiger partial charge is 0.228 e. The first kappa shape index (κ1) is 21.3. The normalized spacial score (nSPS) is 14.1. The zero-order chi connectivity index (χ0) is 21.5. The van der Waals surface area contributed by atoms with E-state index >= 15 is 0 Å². The van der Waals surface area contributed by atoms with Crippen LogP contribution in [0.2, 0.25) is 0 Å². The molecule has 1 atom stereocenters. The third-order valence-electron chi connectivity index (χ3n) is 4.62. The number of nitrogens with one attached hydrogen (secondary N) is 2. The Morgan fingerprint density at radius 1 is 1.37 bits per heavy atom. The summed E-state index contributed by atoms with van der Waals surface area (Å²) < 4.78 is 12.5. The van der Waals surface area contributed by atoms with Gasteiger partial charge in [0, 0.05) is 30.8 Å². The summed E-state index contributed by atoms with van der Waals surface area (Å²) in [4.78, 5) is 37.6. The highest BCUT2D eigenvalue weighted by atomic mass is 19.1. The zero-order valence-electron chi connectivity index (χ0n) is 16.5. The van der Waals surface area contributed by atoms with Crippen molar-refractivity contribution in [1.29, 1.82) is 5.26 Å². The number of amides is 1. The minimum absolute atomic E-state index is 0.0544. The minimum Gasteiger partial charge on any atom is -0.372 e. The van der Waals surface area contributed by atoms with Gasteiger partial charge in [-0.05, 0) is 26.0 Å². The average Bonchev–Trinajstić information content (AvgIpc) is 3.59. The largest absolute Gasteiger partial charge is 0.372 e. The highest BCUT2D eigenvalue weighted by Crippen LogP contribution is 2.30. The number of aldehydes is 1. The zero-order valence-corrected chi connectivity index (χ0v) is 16.5. The van der Waals surface area contributed by atoms with Gasteiger partial charge < -0.3 is 20.3 Å². The number of carbonyl (C=O) groups excluding carboxylic acids is 2. The predicted octanol–water partition coefficient (Wildman–Crippen LogP) is 1.64. The molecule has 1 fully saturated rings. The standard InChI is InChI=1S/C20H22FN7O2/c1-28(5-4-21)11-15(12-29)26-16-6-14(8-23-17(16)7-22)18-9-25-19(10-24-18)27-20(30)13-2-3-13/h6,8-10,12-13,15,26H,2-5,11H2,1H3,(H,25,27,30). The Balaban J connectivity index is 1.75. The van der Waals surface area contributed by atoms with E-state index in [2.05, 4.69) is 25.6 Å².